The van der Waals surface area contributed by atoms with Gasteiger partial charge in [0, 0.05) is 44.3 Å². The number of nitrogens with zero attached hydrogens (tertiary/aromatic N) is 3. The molecular formula is C22H36N4O4S. The molecule has 2 saturated heterocycles. The minimum Gasteiger partial charge on any atom is -0.372 e. The molecule has 0 bridgehead atoms. The molecule has 3 atom stereocenters. The number of rotatable bonds is 7. The smallest absolute Gasteiger partial charge is 0.242 e. The molecule has 3 heterocycles. The van der Waals surface area contributed by atoms with Gasteiger partial charge in [0.05, 0.1) is 12.2 Å². The van der Waals surface area contributed by atoms with Crippen LogP contribution in [0.25, 0.3) is 0 Å². The molecule has 0 radical (unpaired) electrons. The highest BCUT2D eigenvalue weighted by atomic mass is 32.2. The Bertz CT molecular complexity index is 828. The van der Waals surface area contributed by atoms with Crippen molar-refractivity contribution in [1.29, 1.82) is 0 Å². The molecule has 3 unspecified atom stereocenters. The number of ether oxygens (including phenoxy) is 1. The summed E-state index contributed by atoms with van der Waals surface area (Å²) < 4.78 is 33.4. The van der Waals surface area contributed by atoms with E-state index in [4.69, 9.17) is 4.74 Å². The number of carbonyl (C=O) groups is 1. The second-order valence-corrected chi connectivity index (χ2v) is 10.6. The van der Waals surface area contributed by atoms with Crippen molar-refractivity contribution in [1.82, 2.24) is 14.6 Å². The molecule has 9 heteroatoms. The van der Waals surface area contributed by atoms with Gasteiger partial charge in [-0.3, -0.25) is 4.79 Å². The normalized spacial score (nSPS) is 24.3. The van der Waals surface area contributed by atoms with E-state index in [2.05, 4.69) is 14.6 Å². The number of aromatic nitrogens is 1. The topological polar surface area (TPSA) is 91.8 Å². The van der Waals surface area contributed by atoms with Gasteiger partial charge in [0.15, 0.2) is 0 Å². The fourth-order valence-corrected chi connectivity index (χ4v) is 5.74. The van der Waals surface area contributed by atoms with Crippen molar-refractivity contribution in [3.63, 3.8) is 0 Å². The Labute approximate surface area is 186 Å². The Balaban J connectivity index is 1.55. The number of amides is 1. The molecule has 1 N–H and O–H groups in total. The predicted molar refractivity (Wildman–Crippen MR) is 120 cm³/mol. The van der Waals surface area contributed by atoms with Crippen molar-refractivity contribution in [2.75, 3.05) is 31.1 Å². The molecule has 3 rings (SSSR count). The molecule has 1 amide bonds. The molecule has 2 aliphatic heterocycles. The highest BCUT2D eigenvalue weighted by Gasteiger charge is 2.33. The molecule has 174 valence electrons. The molecule has 0 aromatic carbocycles. The first kappa shape index (κ1) is 23.9. The number of piperidine rings is 1. The van der Waals surface area contributed by atoms with Crippen LogP contribution in [-0.2, 0) is 19.6 Å². The molecule has 1 aromatic rings. The van der Waals surface area contributed by atoms with E-state index in [-0.39, 0.29) is 35.0 Å². The summed E-state index contributed by atoms with van der Waals surface area (Å²) in [4.78, 5) is 21.6. The lowest BCUT2D eigenvalue weighted by Gasteiger charge is -2.39. The number of pyridine rings is 1. The lowest BCUT2D eigenvalue weighted by atomic mass is 9.94. The van der Waals surface area contributed by atoms with Gasteiger partial charge in [-0.25, -0.2) is 18.1 Å². The zero-order valence-corrected chi connectivity index (χ0v) is 19.9. The largest absolute Gasteiger partial charge is 0.372 e. The minimum atomic E-state index is -3.56. The van der Waals surface area contributed by atoms with Crippen LogP contribution < -0.4 is 9.62 Å². The number of morpholine rings is 1. The summed E-state index contributed by atoms with van der Waals surface area (Å²) >= 11 is 0. The Kier molecular flexibility index (Phi) is 7.93. The average molecular weight is 453 g/mol. The van der Waals surface area contributed by atoms with E-state index >= 15 is 0 Å². The molecule has 2 fully saturated rings. The molecule has 31 heavy (non-hydrogen) atoms. The van der Waals surface area contributed by atoms with Gasteiger partial charge in [0.2, 0.25) is 15.9 Å². The fraction of sp³-hybridized carbons (Fsp3) is 0.727. The van der Waals surface area contributed by atoms with Crippen molar-refractivity contribution < 1.29 is 17.9 Å². The van der Waals surface area contributed by atoms with Crippen molar-refractivity contribution in [2.45, 2.75) is 76.5 Å². The summed E-state index contributed by atoms with van der Waals surface area (Å²) in [5.41, 5.74) is 0. The third kappa shape index (κ3) is 6.17. The predicted octanol–water partition coefficient (Wildman–Crippen LogP) is 2.40. The number of hydrogen-bond acceptors (Lipinski definition) is 6. The third-order valence-corrected chi connectivity index (χ3v) is 7.58. The van der Waals surface area contributed by atoms with Crippen LogP contribution in [0, 0.1) is 5.92 Å². The van der Waals surface area contributed by atoms with Crippen molar-refractivity contribution in [3.05, 3.63) is 18.3 Å². The second-order valence-electron chi connectivity index (χ2n) is 8.92. The molecule has 0 aliphatic carbocycles. The van der Waals surface area contributed by atoms with Gasteiger partial charge in [0.25, 0.3) is 0 Å². The first-order valence-corrected chi connectivity index (χ1v) is 12.9. The molecular weight excluding hydrogens is 416 g/mol. The summed E-state index contributed by atoms with van der Waals surface area (Å²) in [7, 11) is -3.56. The lowest BCUT2D eigenvalue weighted by molar-refractivity contribution is -0.148. The van der Waals surface area contributed by atoms with Crippen molar-refractivity contribution >= 4 is 21.7 Å². The average Bonchev–Trinajstić information content (AvgIpc) is 2.72. The van der Waals surface area contributed by atoms with Crippen LogP contribution in [0.5, 0.6) is 0 Å². The fourth-order valence-electron chi connectivity index (χ4n) is 4.51. The summed E-state index contributed by atoms with van der Waals surface area (Å²) in [5, 5.41) is 0. The monoisotopic (exact) mass is 452 g/mol. The van der Waals surface area contributed by atoms with Crippen LogP contribution in [0.1, 0.15) is 53.4 Å². The SMILES string of the molecule is CCCC(C)NS(=O)(=O)c1ccc(N2CCC(C(=O)N3CC(C)OC(C)C3)CC2)nc1. The maximum absolute atomic E-state index is 12.9. The van der Waals surface area contributed by atoms with E-state index in [0.29, 0.717) is 13.1 Å². The summed E-state index contributed by atoms with van der Waals surface area (Å²) in [6.45, 7) is 10.7. The van der Waals surface area contributed by atoms with E-state index in [1.54, 1.807) is 12.1 Å². The summed E-state index contributed by atoms with van der Waals surface area (Å²) in [5.74, 6) is 1.00. The molecule has 0 spiro atoms. The second kappa shape index (κ2) is 10.3. The first-order valence-electron chi connectivity index (χ1n) is 11.4. The lowest BCUT2D eigenvalue weighted by Crippen LogP contribution is -2.51. The van der Waals surface area contributed by atoms with Gasteiger partial charge in [-0.2, -0.15) is 0 Å². The standard InChI is InChI=1S/C22H36N4O4S/c1-5-6-16(2)24-31(28,29)20-7-8-21(23-13-20)25-11-9-19(10-12-25)22(27)26-14-17(3)30-18(4)15-26/h7-8,13,16-19,24H,5-6,9-12,14-15H2,1-4H3. The van der Waals surface area contributed by atoms with Crippen LogP contribution in [0.4, 0.5) is 5.82 Å². The van der Waals surface area contributed by atoms with E-state index in [1.807, 2.05) is 32.6 Å². The highest BCUT2D eigenvalue weighted by molar-refractivity contribution is 7.89. The van der Waals surface area contributed by atoms with Crippen LogP contribution in [-0.4, -0.2) is 68.6 Å². The van der Waals surface area contributed by atoms with Crippen LogP contribution >= 0.6 is 0 Å². The Hall–Kier alpha value is -1.71. The number of hydrogen-bond donors (Lipinski definition) is 1. The van der Waals surface area contributed by atoms with E-state index in [9.17, 15) is 13.2 Å². The zero-order chi connectivity index (χ0) is 22.6. The minimum absolute atomic E-state index is 0.0256. The maximum atomic E-state index is 12.9. The maximum Gasteiger partial charge on any atom is 0.242 e. The first-order chi connectivity index (χ1) is 14.7. The molecule has 1 aromatic heterocycles. The van der Waals surface area contributed by atoms with Crippen LogP contribution in [0.3, 0.4) is 0 Å². The molecule has 8 nitrogen and oxygen atoms in total. The van der Waals surface area contributed by atoms with Gasteiger partial charge in [0.1, 0.15) is 10.7 Å². The van der Waals surface area contributed by atoms with Gasteiger partial charge >= 0.3 is 0 Å². The molecule has 0 saturated carbocycles. The third-order valence-electron chi connectivity index (χ3n) is 6.01. The summed E-state index contributed by atoms with van der Waals surface area (Å²) in [6, 6.07) is 3.26. The molecule has 2 aliphatic rings. The van der Waals surface area contributed by atoms with E-state index < -0.39 is 10.0 Å². The quantitative estimate of drug-likeness (QED) is 0.683. The van der Waals surface area contributed by atoms with E-state index in [0.717, 1.165) is 44.6 Å². The number of anilines is 1. The zero-order valence-electron chi connectivity index (χ0n) is 19.1. The van der Waals surface area contributed by atoms with Gasteiger partial charge in [-0.15, -0.1) is 0 Å². The Morgan fingerprint density at radius 3 is 2.42 bits per heavy atom. The van der Waals surface area contributed by atoms with Gasteiger partial charge in [-0.05, 0) is 52.2 Å². The Morgan fingerprint density at radius 2 is 1.87 bits per heavy atom. The van der Waals surface area contributed by atoms with Gasteiger partial charge < -0.3 is 14.5 Å². The summed E-state index contributed by atoms with van der Waals surface area (Å²) in [6.07, 6.45) is 4.83. The number of nitrogens with one attached hydrogen (secondary N) is 1. The van der Waals surface area contributed by atoms with Crippen molar-refractivity contribution in [2.24, 2.45) is 5.92 Å². The number of sulfonamides is 1. The van der Waals surface area contributed by atoms with Crippen LogP contribution in [0.2, 0.25) is 0 Å². The van der Waals surface area contributed by atoms with Gasteiger partial charge in [-0.1, -0.05) is 13.3 Å². The van der Waals surface area contributed by atoms with E-state index in [1.165, 1.54) is 6.20 Å². The highest BCUT2D eigenvalue weighted by Crippen LogP contribution is 2.25. The number of carbonyl (C=O) groups excluding carboxylic acids is 1. The Morgan fingerprint density at radius 1 is 1.23 bits per heavy atom. The van der Waals surface area contributed by atoms with Crippen molar-refractivity contribution in [3.8, 4) is 0 Å². The van der Waals surface area contributed by atoms with Crippen LogP contribution in [0.15, 0.2) is 23.2 Å².